The Bertz CT molecular complexity index is 331. The lowest BCUT2D eigenvalue weighted by atomic mass is 10.1. The van der Waals surface area contributed by atoms with E-state index in [1.54, 1.807) is 0 Å². The third-order valence-corrected chi connectivity index (χ3v) is 2.86. The summed E-state index contributed by atoms with van der Waals surface area (Å²) in [6.07, 6.45) is 1.05. The van der Waals surface area contributed by atoms with Gasteiger partial charge in [0.05, 0.1) is 18.4 Å². The summed E-state index contributed by atoms with van der Waals surface area (Å²) in [6.45, 7) is 0. The van der Waals surface area contributed by atoms with Crippen molar-refractivity contribution >= 4 is 17.8 Å². The van der Waals surface area contributed by atoms with Crippen LogP contribution in [0.3, 0.4) is 0 Å². The molecule has 0 bridgehead atoms. The Morgan fingerprint density at radius 1 is 1.29 bits per heavy atom. The van der Waals surface area contributed by atoms with Gasteiger partial charge in [0.2, 0.25) is 5.91 Å². The summed E-state index contributed by atoms with van der Waals surface area (Å²) < 4.78 is 0. The average molecular weight is 244 g/mol. The van der Waals surface area contributed by atoms with Crippen LogP contribution in [0.4, 0.5) is 0 Å². The van der Waals surface area contributed by atoms with Crippen molar-refractivity contribution in [3.8, 4) is 0 Å². The molecule has 0 saturated heterocycles. The van der Waals surface area contributed by atoms with E-state index in [-0.39, 0.29) is 6.04 Å². The molecule has 0 aromatic carbocycles. The lowest BCUT2D eigenvalue weighted by Crippen LogP contribution is -2.45. The van der Waals surface area contributed by atoms with Crippen LogP contribution in [0.25, 0.3) is 0 Å². The van der Waals surface area contributed by atoms with Gasteiger partial charge >= 0.3 is 11.9 Å². The van der Waals surface area contributed by atoms with Crippen LogP contribution in [-0.4, -0.2) is 40.1 Å². The van der Waals surface area contributed by atoms with E-state index < -0.39 is 36.2 Å². The number of carboxylic acids is 2. The molecule has 3 unspecified atom stereocenters. The standard InChI is InChI=1S/C10H16N2O5/c11-7(4-8(13)14)9(15)12-6-2-1-5(3-6)10(16)17/h5-7H,1-4,11H2,(H,12,15)(H,13,14)(H,16,17). The summed E-state index contributed by atoms with van der Waals surface area (Å²) in [5.41, 5.74) is 5.38. The number of amides is 1. The van der Waals surface area contributed by atoms with Crippen molar-refractivity contribution in [2.75, 3.05) is 0 Å². The predicted octanol–water partition coefficient (Wildman–Crippen LogP) is -0.842. The summed E-state index contributed by atoms with van der Waals surface area (Å²) in [7, 11) is 0. The van der Waals surface area contributed by atoms with Gasteiger partial charge in [0, 0.05) is 6.04 Å². The number of nitrogens with one attached hydrogen (secondary N) is 1. The Morgan fingerprint density at radius 2 is 1.94 bits per heavy atom. The van der Waals surface area contributed by atoms with Crippen molar-refractivity contribution in [2.24, 2.45) is 11.7 Å². The van der Waals surface area contributed by atoms with Crippen molar-refractivity contribution in [3.05, 3.63) is 0 Å². The first-order valence-corrected chi connectivity index (χ1v) is 5.40. The summed E-state index contributed by atoms with van der Waals surface area (Å²) in [6, 6.07) is -1.31. The second-order valence-electron chi connectivity index (χ2n) is 4.26. The largest absolute Gasteiger partial charge is 0.481 e. The van der Waals surface area contributed by atoms with Crippen LogP contribution in [0.2, 0.25) is 0 Å². The molecule has 0 radical (unpaired) electrons. The monoisotopic (exact) mass is 244 g/mol. The van der Waals surface area contributed by atoms with E-state index in [0.29, 0.717) is 19.3 Å². The van der Waals surface area contributed by atoms with Crippen LogP contribution in [0.15, 0.2) is 0 Å². The van der Waals surface area contributed by atoms with Gasteiger partial charge in [0.1, 0.15) is 0 Å². The number of rotatable bonds is 5. The number of hydrogen-bond donors (Lipinski definition) is 4. The lowest BCUT2D eigenvalue weighted by molar-refractivity contribution is -0.141. The van der Waals surface area contributed by atoms with Crippen molar-refractivity contribution in [1.82, 2.24) is 5.32 Å². The average Bonchev–Trinajstić information content (AvgIpc) is 2.65. The normalized spacial score (nSPS) is 25.2. The molecule has 17 heavy (non-hydrogen) atoms. The minimum Gasteiger partial charge on any atom is -0.481 e. The van der Waals surface area contributed by atoms with Gasteiger partial charge < -0.3 is 21.3 Å². The smallest absolute Gasteiger partial charge is 0.306 e. The molecule has 1 saturated carbocycles. The van der Waals surface area contributed by atoms with Crippen LogP contribution < -0.4 is 11.1 Å². The van der Waals surface area contributed by atoms with Crippen LogP contribution in [-0.2, 0) is 14.4 Å². The minimum atomic E-state index is -1.14. The van der Waals surface area contributed by atoms with E-state index in [2.05, 4.69) is 5.32 Å². The maximum Gasteiger partial charge on any atom is 0.306 e. The Morgan fingerprint density at radius 3 is 2.41 bits per heavy atom. The number of aliphatic carboxylic acids is 2. The maximum atomic E-state index is 11.5. The highest BCUT2D eigenvalue weighted by atomic mass is 16.4. The lowest BCUT2D eigenvalue weighted by Gasteiger charge is -2.15. The Balaban J connectivity index is 2.37. The van der Waals surface area contributed by atoms with Crippen LogP contribution >= 0.6 is 0 Å². The number of carboxylic acid groups (broad SMARTS) is 2. The van der Waals surface area contributed by atoms with Crippen LogP contribution in [0.1, 0.15) is 25.7 Å². The van der Waals surface area contributed by atoms with Crippen LogP contribution in [0.5, 0.6) is 0 Å². The van der Waals surface area contributed by atoms with E-state index in [1.807, 2.05) is 0 Å². The molecule has 0 aromatic rings. The van der Waals surface area contributed by atoms with Gasteiger partial charge in [-0.15, -0.1) is 0 Å². The molecule has 0 heterocycles. The Hall–Kier alpha value is -1.63. The SMILES string of the molecule is NC(CC(=O)O)C(=O)NC1CCC(C(=O)O)C1. The molecule has 7 nitrogen and oxygen atoms in total. The molecule has 0 aromatic heterocycles. The molecule has 5 N–H and O–H groups in total. The number of hydrogen-bond acceptors (Lipinski definition) is 4. The van der Waals surface area contributed by atoms with E-state index in [4.69, 9.17) is 15.9 Å². The first-order valence-electron chi connectivity index (χ1n) is 5.40. The van der Waals surface area contributed by atoms with Crippen molar-refractivity contribution in [2.45, 2.75) is 37.8 Å². The highest BCUT2D eigenvalue weighted by Crippen LogP contribution is 2.25. The Labute approximate surface area is 98.0 Å². The minimum absolute atomic E-state index is 0.219. The fourth-order valence-electron chi connectivity index (χ4n) is 1.93. The molecule has 96 valence electrons. The van der Waals surface area contributed by atoms with Gasteiger partial charge in [-0.2, -0.15) is 0 Å². The molecule has 7 heteroatoms. The van der Waals surface area contributed by atoms with Gasteiger partial charge in [-0.05, 0) is 19.3 Å². The van der Waals surface area contributed by atoms with Gasteiger partial charge in [-0.3, -0.25) is 14.4 Å². The summed E-state index contributed by atoms with van der Waals surface area (Å²) >= 11 is 0. The maximum absolute atomic E-state index is 11.5. The number of nitrogens with two attached hydrogens (primary N) is 1. The number of carbonyl (C=O) groups is 3. The van der Waals surface area contributed by atoms with E-state index >= 15 is 0 Å². The van der Waals surface area contributed by atoms with Crippen molar-refractivity contribution in [3.63, 3.8) is 0 Å². The zero-order valence-electron chi connectivity index (χ0n) is 9.26. The molecule has 1 aliphatic rings. The topological polar surface area (TPSA) is 130 Å². The molecule has 3 atom stereocenters. The summed E-state index contributed by atoms with van der Waals surface area (Å²) in [5.74, 6) is -2.97. The Kier molecular flexibility index (Phi) is 4.45. The highest BCUT2D eigenvalue weighted by Gasteiger charge is 2.31. The summed E-state index contributed by atoms with van der Waals surface area (Å²) in [4.78, 5) is 32.5. The van der Waals surface area contributed by atoms with Crippen LogP contribution in [0, 0.1) is 5.92 Å². The molecule has 0 spiro atoms. The van der Waals surface area contributed by atoms with Gasteiger partial charge in [-0.25, -0.2) is 0 Å². The van der Waals surface area contributed by atoms with E-state index in [0.717, 1.165) is 0 Å². The first-order chi connectivity index (χ1) is 7.90. The van der Waals surface area contributed by atoms with E-state index in [9.17, 15) is 14.4 Å². The fraction of sp³-hybridized carbons (Fsp3) is 0.700. The third-order valence-electron chi connectivity index (χ3n) is 2.86. The summed E-state index contributed by atoms with van der Waals surface area (Å²) in [5, 5.41) is 19.8. The molecule has 1 amide bonds. The third kappa shape index (κ3) is 4.03. The second kappa shape index (κ2) is 5.62. The van der Waals surface area contributed by atoms with Crippen molar-refractivity contribution in [1.29, 1.82) is 0 Å². The van der Waals surface area contributed by atoms with Crippen molar-refractivity contribution < 1.29 is 24.6 Å². The zero-order valence-corrected chi connectivity index (χ0v) is 9.26. The number of carbonyl (C=O) groups excluding carboxylic acids is 1. The first kappa shape index (κ1) is 13.4. The van der Waals surface area contributed by atoms with Gasteiger partial charge in [0.25, 0.3) is 0 Å². The predicted molar refractivity (Wildman–Crippen MR) is 57.1 cm³/mol. The highest BCUT2D eigenvalue weighted by molar-refractivity contribution is 5.86. The van der Waals surface area contributed by atoms with E-state index in [1.165, 1.54) is 0 Å². The second-order valence-corrected chi connectivity index (χ2v) is 4.26. The molecule has 0 aliphatic heterocycles. The zero-order chi connectivity index (χ0) is 13.0. The fourth-order valence-corrected chi connectivity index (χ4v) is 1.93. The van der Waals surface area contributed by atoms with Gasteiger partial charge in [-0.1, -0.05) is 0 Å². The molecular weight excluding hydrogens is 228 g/mol. The van der Waals surface area contributed by atoms with Gasteiger partial charge in [0.15, 0.2) is 0 Å². The molecular formula is C10H16N2O5. The quantitative estimate of drug-likeness (QED) is 0.499. The molecule has 1 aliphatic carbocycles. The molecule has 1 fully saturated rings. The molecule has 1 rings (SSSR count).